The third kappa shape index (κ3) is 48.9. The van der Waals surface area contributed by atoms with Crippen molar-refractivity contribution >= 4 is 147 Å². The van der Waals surface area contributed by atoms with Crippen LogP contribution in [0, 0.1) is 39.4 Å². The number of hydrogen-bond acceptors (Lipinski definition) is 27. The number of fused-ring (bicyclic) bond motifs is 1. The van der Waals surface area contributed by atoms with Gasteiger partial charge >= 0.3 is 0 Å². The van der Waals surface area contributed by atoms with Gasteiger partial charge in [0.1, 0.15) is 90.6 Å². The standard InChI is InChI=1S/C91H156N36O20/c1-11-48(6)71(85(145)110-43-68(131)116-58(27-19-35-106-89(98)99)78(138)123-64(73(95)133)38-46(2)3)126-75(135)50(8)113-76(136)61(28-20-36-107-90(100)101)122-87(147)70(47(4)5)125-74(134)49(7)114-83(143)66(40-54-42-104-45-112-54)117-69(132)44-111-86(146)72(51(9)128)127-82(142)60(25-15-17-33-93)119-81(141)63(30-31-67(94)130)121-84(144)65(39-53-41-109-56-23-13-12-22-55(53)56)124-80(140)59(24-14-16-32-92)118-79(139)62(29-21-37-108-91(102)103)120-77(137)57(115-52(10)129)26-18-34-105-88(96)97/h12-13,22-23,41-42,45-51,57-66,70-72,109,128H,11,14-21,24-40,43-44,92-93H2,1-10H3,(H2,94,130)(H2,95,133)(H,104,112)(H,110,145)(H,111,146)(H,113,136)(H,114,143)(H,115,129)(H,116,131)(H,117,132)(H,118,139)(H,119,141)(H,120,137)(H,121,144)(H,122,147)(H,123,138)(H,124,140)(H,125,134)(H,126,135)(H,127,142)(H4,96,97,105)(H4,98,99,106)(H4,100,101,107)(H4,102,103,108)/t48-,49-,50-,51+,57-,58-,59-,60-,61-,62-,63-,64-,65-,66-,70-,71-,72-/m0/s1. The quantitative estimate of drug-likeness (QED) is 0.0142. The number of primary amides is 2. The molecule has 0 bridgehead atoms. The maximum Gasteiger partial charge on any atom is 0.245 e. The second-order valence-electron chi connectivity index (χ2n) is 36.5. The predicted molar refractivity (Wildman–Crippen MR) is 542 cm³/mol. The maximum absolute atomic E-state index is 15.1. The molecule has 2 heterocycles. The number of imidazole rings is 1. The molecule has 0 aliphatic carbocycles. The highest BCUT2D eigenvalue weighted by Crippen LogP contribution is 2.21. The molecule has 56 nitrogen and oxygen atoms in total. The van der Waals surface area contributed by atoms with E-state index in [4.69, 9.17) is 67.5 Å². The lowest BCUT2D eigenvalue weighted by molar-refractivity contribution is -0.136. The molecule has 19 amide bonds. The van der Waals surface area contributed by atoms with Gasteiger partial charge in [0.15, 0.2) is 23.8 Å². The van der Waals surface area contributed by atoms with Crippen LogP contribution >= 0.6 is 0 Å². The highest BCUT2D eigenvalue weighted by atomic mass is 16.3. The van der Waals surface area contributed by atoms with Crippen molar-refractivity contribution in [1.82, 2.24) is 127 Å². The van der Waals surface area contributed by atoms with Gasteiger partial charge in [-0.2, -0.15) is 0 Å². The van der Waals surface area contributed by atoms with Crippen LogP contribution in [0.1, 0.15) is 196 Å². The van der Waals surface area contributed by atoms with E-state index in [9.17, 15) is 91.4 Å². The summed E-state index contributed by atoms with van der Waals surface area (Å²) in [6, 6.07) is -15.0. The molecule has 3 aromatic rings. The van der Waals surface area contributed by atoms with Crippen molar-refractivity contribution in [2.45, 2.75) is 294 Å². The number of carbonyl (C=O) groups is 19. The fourth-order valence-corrected chi connectivity index (χ4v) is 14.9. The van der Waals surface area contributed by atoms with Crippen LogP contribution in [0.15, 0.2) is 43.0 Å². The Hall–Kier alpha value is -15.1. The number of rotatable bonds is 71. The fourth-order valence-electron chi connectivity index (χ4n) is 14.9. The van der Waals surface area contributed by atoms with E-state index in [1.807, 2.05) is 13.8 Å². The largest absolute Gasteiger partial charge is 0.391 e. The molecule has 0 aliphatic rings. The van der Waals surface area contributed by atoms with Crippen LogP contribution in [-0.4, -0.2) is 305 Å². The number of aliphatic hydroxyl groups is 1. The number of unbranched alkanes of at least 4 members (excludes halogenated alkanes) is 2. The summed E-state index contributed by atoms with van der Waals surface area (Å²) in [5, 5.41) is 95.7. The number of carbonyl (C=O) groups excluding carboxylic acids is 19. The first-order chi connectivity index (χ1) is 69.4. The van der Waals surface area contributed by atoms with E-state index in [2.05, 4.69) is 127 Å². The molecule has 0 saturated heterocycles. The van der Waals surface area contributed by atoms with Gasteiger partial charge in [-0.05, 0) is 166 Å². The second kappa shape index (κ2) is 66.7. The van der Waals surface area contributed by atoms with Crippen LogP contribution in [0.4, 0.5) is 0 Å². The van der Waals surface area contributed by atoms with Crippen LogP contribution < -0.4 is 158 Å². The number of nitrogens with zero attached hydrogens (tertiary/aromatic N) is 1. The van der Waals surface area contributed by atoms with Crippen LogP contribution in [0.25, 0.3) is 10.9 Å². The summed E-state index contributed by atoms with van der Waals surface area (Å²) < 4.78 is 0. The minimum absolute atomic E-state index is 0.00148. The molecule has 0 fully saturated rings. The Morgan fingerprint density at radius 1 is 0.381 bits per heavy atom. The molecule has 56 heteroatoms. The van der Waals surface area contributed by atoms with Crippen molar-refractivity contribution in [2.75, 3.05) is 52.4 Å². The predicted octanol–water partition coefficient (Wildman–Crippen LogP) is -9.57. The summed E-state index contributed by atoms with van der Waals surface area (Å²) in [5.74, 6) is -20.3. The van der Waals surface area contributed by atoms with E-state index in [0.29, 0.717) is 29.3 Å². The monoisotopic (exact) mass is 2070 g/mol. The molecule has 17 atom stereocenters. The molecule has 2 aromatic heterocycles. The molecular weight excluding hydrogens is 1920 g/mol. The number of guanidine groups is 4. The van der Waals surface area contributed by atoms with Crippen LogP contribution in [0.2, 0.25) is 0 Å². The lowest BCUT2D eigenvalue weighted by Gasteiger charge is -2.28. The van der Waals surface area contributed by atoms with Gasteiger partial charge in [0, 0.05) is 75.7 Å². The van der Waals surface area contributed by atoms with E-state index in [0.717, 1.165) is 6.92 Å². The van der Waals surface area contributed by atoms with Gasteiger partial charge in [0.2, 0.25) is 112 Å². The third-order valence-corrected chi connectivity index (χ3v) is 23.2. The molecule has 0 unspecified atom stereocenters. The summed E-state index contributed by atoms with van der Waals surface area (Å²) in [7, 11) is 0. The zero-order valence-corrected chi connectivity index (χ0v) is 85.1. The Bertz CT molecular complexity index is 4900. The summed E-state index contributed by atoms with van der Waals surface area (Å²) >= 11 is 0. The number of aromatic nitrogens is 3. The highest BCUT2D eigenvalue weighted by Gasteiger charge is 2.40. The molecule has 147 heavy (non-hydrogen) atoms. The van der Waals surface area contributed by atoms with E-state index in [-0.39, 0.29) is 171 Å². The third-order valence-electron chi connectivity index (χ3n) is 23.2. The van der Waals surface area contributed by atoms with Gasteiger partial charge < -0.3 is 173 Å². The van der Waals surface area contributed by atoms with E-state index in [1.54, 1.807) is 58.2 Å². The summed E-state index contributed by atoms with van der Waals surface area (Å²) in [5.41, 5.74) is 46.1. The molecule has 0 radical (unpaired) electrons. The molecule has 820 valence electrons. The van der Waals surface area contributed by atoms with Crippen molar-refractivity contribution in [1.29, 1.82) is 21.6 Å². The number of nitrogens with two attached hydrogens (primary N) is 8. The average molecular weight is 2070 g/mol. The minimum Gasteiger partial charge on any atom is -0.391 e. The first-order valence-corrected chi connectivity index (χ1v) is 49.0. The van der Waals surface area contributed by atoms with E-state index in [1.165, 1.54) is 33.3 Å². The van der Waals surface area contributed by atoms with Crippen molar-refractivity contribution in [3.05, 3.63) is 54.2 Å². The van der Waals surface area contributed by atoms with Gasteiger partial charge in [-0.3, -0.25) is 113 Å². The van der Waals surface area contributed by atoms with Crippen LogP contribution in [-0.2, 0) is 104 Å². The zero-order chi connectivity index (χ0) is 110. The van der Waals surface area contributed by atoms with Crippen molar-refractivity contribution < 1.29 is 96.2 Å². The number of nitrogens with one attached hydrogen (secondary N) is 27. The Balaban J connectivity index is 1.89. The van der Waals surface area contributed by atoms with Crippen molar-refractivity contribution in [3.8, 4) is 0 Å². The van der Waals surface area contributed by atoms with Crippen LogP contribution in [0.5, 0.6) is 0 Å². The second-order valence-corrected chi connectivity index (χ2v) is 36.5. The number of hydrogen-bond donors (Lipinski definition) is 36. The molecule has 44 N–H and O–H groups in total. The van der Waals surface area contributed by atoms with E-state index >= 15 is 4.79 Å². The summed E-state index contributed by atoms with van der Waals surface area (Å²) in [6.07, 6.45) is 2.41. The molecule has 0 spiro atoms. The number of aliphatic hydroxyl groups excluding tert-OH is 1. The lowest BCUT2D eigenvalue weighted by atomic mass is 9.98. The van der Waals surface area contributed by atoms with Gasteiger partial charge in [0.05, 0.1) is 31.2 Å². The topological polar surface area (TPSA) is 945 Å². The van der Waals surface area contributed by atoms with Gasteiger partial charge in [0.25, 0.3) is 0 Å². The molecule has 1 aromatic carbocycles. The van der Waals surface area contributed by atoms with Crippen molar-refractivity contribution in [3.63, 3.8) is 0 Å². The van der Waals surface area contributed by atoms with Gasteiger partial charge in [-0.1, -0.05) is 66.2 Å². The number of aromatic amines is 2. The zero-order valence-electron chi connectivity index (χ0n) is 85.1. The SMILES string of the molecule is CC[C@H](C)[C@H](NC(=O)[C@H](C)NC(=O)[C@H](CCCNC(=N)N)NC(=O)[C@@H](NC(=O)[C@H](C)NC(=O)[C@H](Cc1c[nH]cn1)NC(=O)CNC(=O)[C@@H](NC(=O)[C@H](CCCCN)NC(=O)[C@H](CCC(N)=O)NC(=O)[C@H](Cc1c[nH]c2ccccc12)NC(=O)[C@H](CCCCN)NC(=O)[C@H](CCCNC(=N)N)NC(=O)[C@H](CCCNC(=N)N)NC(C)=O)[C@@H](C)O)C(C)C)C(=O)NCC(=O)N[C@@H](CCCNC(=N)N)C(=O)N[C@@H](CC(C)C)C(N)=O. The average Bonchev–Trinajstić information content (AvgIpc) is 1.67. The van der Waals surface area contributed by atoms with Gasteiger partial charge in [-0.25, -0.2) is 4.98 Å². The normalized spacial score (nSPS) is 14.6. The maximum atomic E-state index is 15.1. The highest BCUT2D eigenvalue weighted by molar-refractivity contribution is 6.02. The van der Waals surface area contributed by atoms with Crippen molar-refractivity contribution in [2.24, 2.45) is 63.6 Å². The molecule has 3 rings (SSSR count). The number of H-pyrrole nitrogens is 2. The Morgan fingerprint density at radius 3 is 1.14 bits per heavy atom. The smallest absolute Gasteiger partial charge is 0.245 e. The molecule has 0 aliphatic heterocycles. The number of amides is 19. The molecule has 0 saturated carbocycles. The van der Waals surface area contributed by atoms with E-state index < -0.39 is 253 Å². The number of para-hydroxylation sites is 1. The Morgan fingerprint density at radius 2 is 0.741 bits per heavy atom. The Labute approximate surface area is 852 Å². The first kappa shape index (κ1) is 126. The Kier molecular flexibility index (Phi) is 57.2. The summed E-state index contributed by atoms with van der Waals surface area (Å²) in [6.45, 7) is 13.9. The number of benzene rings is 1. The van der Waals surface area contributed by atoms with Crippen LogP contribution in [0.3, 0.4) is 0 Å². The summed E-state index contributed by atoms with van der Waals surface area (Å²) in [4.78, 5) is 275. The lowest BCUT2D eigenvalue weighted by Crippen LogP contribution is -2.61. The first-order valence-electron chi connectivity index (χ1n) is 49.0. The van der Waals surface area contributed by atoms with Gasteiger partial charge in [-0.15, -0.1) is 0 Å². The fraction of sp³-hybridized carbons (Fsp3) is 0.626. The minimum atomic E-state index is -1.90. The molecular formula is C91H156N36O20.